The summed E-state index contributed by atoms with van der Waals surface area (Å²) >= 11 is 5.93. The van der Waals surface area contributed by atoms with Crippen LogP contribution < -0.4 is 16.6 Å². The molecule has 0 radical (unpaired) electrons. The van der Waals surface area contributed by atoms with Crippen molar-refractivity contribution in [2.45, 2.75) is 44.8 Å². The number of nitrogens with two attached hydrogens (primary N) is 1. The van der Waals surface area contributed by atoms with Crippen molar-refractivity contribution in [3.05, 3.63) is 52.8 Å². The molecule has 0 bridgehead atoms. The Bertz CT molecular complexity index is 1310. The molecule has 2 fully saturated rings. The molecule has 176 valence electrons. The van der Waals surface area contributed by atoms with Gasteiger partial charge in [-0.1, -0.05) is 29.3 Å². The van der Waals surface area contributed by atoms with Crippen LogP contribution in [0.5, 0.6) is 0 Å². The number of aromatic nitrogens is 3. The average Bonchev–Trinajstić information content (AvgIpc) is 3.27. The van der Waals surface area contributed by atoms with Gasteiger partial charge in [0.2, 0.25) is 11.8 Å². The predicted molar refractivity (Wildman–Crippen MR) is 126 cm³/mol. The number of halogens is 1. The standard InChI is InChI=1S/C23H24ClN7O3/c1-12-5-7-16-14(9-12)21(23(34)28-25)29-30(16)11-20(32)31-15-8-6-13(15)10-17(31)22(33)27-19-4-2-3-18(24)26-19/h2-5,7,9,13,15,17H,6,8,10-11,25H2,1H3,(H,28,34)(H,26,27,33)/t13-,15-,17+/m1/s1. The van der Waals surface area contributed by atoms with Crippen LogP contribution in [0, 0.1) is 12.8 Å². The third-order valence-corrected chi connectivity index (χ3v) is 6.90. The normalized spacial score (nSPS) is 21.1. The summed E-state index contributed by atoms with van der Waals surface area (Å²) in [6.45, 7) is 1.81. The third-order valence-electron chi connectivity index (χ3n) is 6.69. The van der Waals surface area contributed by atoms with Crippen LogP contribution in [-0.2, 0) is 16.1 Å². The molecule has 3 heterocycles. The fourth-order valence-corrected chi connectivity index (χ4v) is 5.13. The molecule has 0 spiro atoms. The van der Waals surface area contributed by atoms with Crippen molar-refractivity contribution in [2.24, 2.45) is 11.8 Å². The van der Waals surface area contributed by atoms with Crippen molar-refractivity contribution in [1.29, 1.82) is 0 Å². The van der Waals surface area contributed by atoms with Gasteiger partial charge < -0.3 is 10.2 Å². The summed E-state index contributed by atoms with van der Waals surface area (Å²) in [6.07, 6.45) is 2.44. The van der Waals surface area contributed by atoms with Crippen LogP contribution in [0.25, 0.3) is 10.9 Å². The highest BCUT2D eigenvalue weighted by Crippen LogP contribution is 2.44. The summed E-state index contributed by atoms with van der Waals surface area (Å²) in [5, 5.41) is 8.05. The Hall–Kier alpha value is -3.50. The second-order valence-electron chi connectivity index (χ2n) is 8.79. The largest absolute Gasteiger partial charge is 0.326 e. The first-order valence-electron chi connectivity index (χ1n) is 11.1. The zero-order chi connectivity index (χ0) is 24.0. The minimum Gasteiger partial charge on any atom is -0.326 e. The Morgan fingerprint density at radius 1 is 1.21 bits per heavy atom. The number of aryl methyl sites for hydroxylation is 1. The Morgan fingerprint density at radius 3 is 2.74 bits per heavy atom. The van der Waals surface area contributed by atoms with Crippen LogP contribution >= 0.6 is 11.6 Å². The van der Waals surface area contributed by atoms with Crippen LogP contribution in [0.15, 0.2) is 36.4 Å². The Kier molecular flexibility index (Phi) is 5.70. The molecule has 2 aliphatic rings. The molecule has 5 rings (SSSR count). The lowest BCUT2D eigenvalue weighted by atomic mass is 9.80. The quantitative estimate of drug-likeness (QED) is 0.221. The molecule has 3 atom stereocenters. The van der Waals surface area contributed by atoms with Crippen molar-refractivity contribution in [3.8, 4) is 0 Å². The highest BCUT2D eigenvalue weighted by atomic mass is 35.5. The highest BCUT2D eigenvalue weighted by Gasteiger charge is 2.51. The van der Waals surface area contributed by atoms with E-state index < -0.39 is 11.9 Å². The van der Waals surface area contributed by atoms with E-state index in [0.29, 0.717) is 29.1 Å². The molecule has 1 aromatic carbocycles. The van der Waals surface area contributed by atoms with Gasteiger partial charge in [0.15, 0.2) is 5.69 Å². The van der Waals surface area contributed by atoms with Gasteiger partial charge in [-0.15, -0.1) is 0 Å². The number of nitrogens with zero attached hydrogens (tertiary/aromatic N) is 4. The number of pyridine rings is 1. The molecule has 34 heavy (non-hydrogen) atoms. The van der Waals surface area contributed by atoms with E-state index in [1.54, 1.807) is 23.1 Å². The molecule has 2 aromatic heterocycles. The fourth-order valence-electron chi connectivity index (χ4n) is 4.96. The topological polar surface area (TPSA) is 135 Å². The van der Waals surface area contributed by atoms with Crippen molar-refractivity contribution >= 4 is 46.0 Å². The first-order valence-corrected chi connectivity index (χ1v) is 11.5. The van der Waals surface area contributed by atoms with Crippen LogP contribution in [-0.4, -0.2) is 49.5 Å². The number of hydrazine groups is 1. The molecule has 1 saturated heterocycles. The number of anilines is 1. The maximum atomic E-state index is 13.5. The lowest BCUT2D eigenvalue weighted by molar-refractivity contribution is -0.140. The van der Waals surface area contributed by atoms with E-state index in [9.17, 15) is 14.4 Å². The number of nitrogen functional groups attached to an aromatic ring is 1. The number of hydrogen-bond acceptors (Lipinski definition) is 6. The Balaban J connectivity index is 1.41. The van der Waals surface area contributed by atoms with E-state index in [1.165, 1.54) is 4.68 Å². The molecule has 10 nitrogen and oxygen atoms in total. The van der Waals surface area contributed by atoms with Gasteiger partial charge in [-0.3, -0.25) is 24.5 Å². The molecule has 4 N–H and O–H groups in total. The van der Waals surface area contributed by atoms with E-state index in [1.807, 2.05) is 25.1 Å². The van der Waals surface area contributed by atoms with Crippen LogP contribution in [0.1, 0.15) is 35.3 Å². The number of rotatable bonds is 5. The van der Waals surface area contributed by atoms with Gasteiger partial charge >= 0.3 is 0 Å². The molecule has 1 aliphatic carbocycles. The highest BCUT2D eigenvalue weighted by molar-refractivity contribution is 6.29. The molecule has 0 unspecified atom stereocenters. The zero-order valence-electron chi connectivity index (χ0n) is 18.5. The van der Waals surface area contributed by atoms with E-state index in [0.717, 1.165) is 18.4 Å². The van der Waals surface area contributed by atoms with Crippen LogP contribution in [0.4, 0.5) is 5.82 Å². The lowest BCUT2D eigenvalue weighted by Crippen LogP contribution is -2.50. The molecular formula is C23H24ClN7O3. The molecule has 11 heteroatoms. The summed E-state index contributed by atoms with van der Waals surface area (Å²) in [7, 11) is 0. The fraction of sp³-hybridized carbons (Fsp3) is 0.348. The van der Waals surface area contributed by atoms with Gasteiger partial charge in [0.25, 0.3) is 5.91 Å². The van der Waals surface area contributed by atoms with Crippen LogP contribution in [0.2, 0.25) is 5.15 Å². The first-order chi connectivity index (χ1) is 16.4. The van der Waals surface area contributed by atoms with Crippen molar-refractivity contribution < 1.29 is 14.4 Å². The summed E-state index contributed by atoms with van der Waals surface area (Å²) < 4.78 is 1.50. The number of amides is 3. The summed E-state index contributed by atoms with van der Waals surface area (Å²) in [6, 6.07) is 9.93. The van der Waals surface area contributed by atoms with E-state index >= 15 is 0 Å². The van der Waals surface area contributed by atoms with Gasteiger partial charge in [0, 0.05) is 11.4 Å². The number of likely N-dealkylation sites (tertiary alicyclic amines) is 1. The summed E-state index contributed by atoms with van der Waals surface area (Å²) in [4.78, 5) is 44.7. The Morgan fingerprint density at radius 2 is 2.03 bits per heavy atom. The SMILES string of the molecule is Cc1ccc2c(c1)c(C(=O)NN)nn2CC(=O)N1[C@@H]2CC[C@@H]2C[C@H]1C(=O)Nc1cccc(Cl)n1. The number of carbonyl (C=O) groups is 3. The molecule has 1 aliphatic heterocycles. The second kappa shape index (κ2) is 8.69. The van der Waals surface area contributed by atoms with Gasteiger partial charge in [-0.25, -0.2) is 10.8 Å². The van der Waals surface area contributed by atoms with E-state index in [-0.39, 0.29) is 35.2 Å². The molecule has 3 amide bonds. The maximum Gasteiger partial charge on any atom is 0.286 e. The maximum absolute atomic E-state index is 13.5. The van der Waals surface area contributed by atoms with Gasteiger partial charge in [-0.2, -0.15) is 5.10 Å². The average molecular weight is 482 g/mol. The van der Waals surface area contributed by atoms with Gasteiger partial charge in [0.05, 0.1) is 5.52 Å². The molecule has 1 saturated carbocycles. The van der Waals surface area contributed by atoms with Crippen molar-refractivity contribution in [1.82, 2.24) is 25.1 Å². The smallest absolute Gasteiger partial charge is 0.286 e. The lowest BCUT2D eigenvalue weighted by Gasteiger charge is -2.37. The first kappa shape index (κ1) is 22.3. The van der Waals surface area contributed by atoms with Gasteiger partial charge in [0.1, 0.15) is 23.6 Å². The van der Waals surface area contributed by atoms with Crippen LogP contribution in [0.3, 0.4) is 0 Å². The minimum absolute atomic E-state index is 0.0199. The number of fused-ring (bicyclic) bond motifs is 2. The number of benzene rings is 1. The summed E-state index contributed by atoms with van der Waals surface area (Å²) in [5.74, 6) is 4.91. The zero-order valence-corrected chi connectivity index (χ0v) is 19.2. The monoisotopic (exact) mass is 481 g/mol. The molecule has 3 aromatic rings. The van der Waals surface area contributed by atoms with E-state index in [4.69, 9.17) is 17.4 Å². The number of nitrogens with one attached hydrogen (secondary N) is 2. The van der Waals surface area contributed by atoms with Gasteiger partial charge in [-0.05, 0) is 56.4 Å². The van der Waals surface area contributed by atoms with E-state index in [2.05, 4.69) is 20.8 Å². The van der Waals surface area contributed by atoms with Crippen molar-refractivity contribution in [2.75, 3.05) is 5.32 Å². The number of hydrogen-bond donors (Lipinski definition) is 3. The number of carbonyl (C=O) groups excluding carboxylic acids is 3. The molecular weight excluding hydrogens is 458 g/mol. The Labute approximate surface area is 200 Å². The third kappa shape index (κ3) is 3.88. The summed E-state index contributed by atoms with van der Waals surface area (Å²) in [5.41, 5.74) is 3.85. The minimum atomic E-state index is -0.610. The predicted octanol–water partition coefficient (Wildman–Crippen LogP) is 2.01. The van der Waals surface area contributed by atoms with Crippen molar-refractivity contribution in [3.63, 3.8) is 0 Å². The second-order valence-corrected chi connectivity index (χ2v) is 9.18.